The molecule has 0 bridgehead atoms. The molecule has 1 aromatic rings. The Bertz CT molecular complexity index is 400. The van der Waals surface area contributed by atoms with E-state index >= 15 is 0 Å². The van der Waals surface area contributed by atoms with Gasteiger partial charge in [-0.1, -0.05) is 13.3 Å². The summed E-state index contributed by atoms with van der Waals surface area (Å²) in [6, 6.07) is 0. The van der Waals surface area contributed by atoms with Crippen LogP contribution < -0.4 is 29.6 Å². The number of nitrogens with zero attached hydrogens (tertiary/aromatic N) is 2. The summed E-state index contributed by atoms with van der Waals surface area (Å²) in [6.07, 6.45) is 5.74. The van der Waals surface area contributed by atoms with Crippen molar-refractivity contribution in [3.05, 3.63) is 24.3 Å². The minimum atomic E-state index is -2.19. The van der Waals surface area contributed by atoms with Crippen LogP contribution in [0.3, 0.4) is 0 Å². The van der Waals surface area contributed by atoms with E-state index in [1.54, 1.807) is 0 Å². The van der Waals surface area contributed by atoms with Crippen molar-refractivity contribution >= 4 is 15.2 Å². The Morgan fingerprint density at radius 1 is 1.50 bits per heavy atom. The van der Waals surface area contributed by atoms with Crippen molar-refractivity contribution in [1.29, 1.82) is 0 Å². The van der Waals surface area contributed by atoms with Gasteiger partial charge in [0.05, 0.1) is 16.8 Å². The average Bonchev–Trinajstić information content (AvgIpc) is 2.15. The van der Waals surface area contributed by atoms with Crippen molar-refractivity contribution in [2.75, 3.05) is 0 Å². The van der Waals surface area contributed by atoms with Crippen LogP contribution in [0.25, 0.3) is 0 Å². The second-order valence-electron chi connectivity index (χ2n) is 2.50. The van der Waals surface area contributed by atoms with E-state index in [1.165, 1.54) is 18.6 Å². The van der Waals surface area contributed by atoms with E-state index in [1.807, 2.05) is 6.92 Å². The van der Waals surface area contributed by atoms with Crippen molar-refractivity contribution in [1.82, 2.24) is 9.97 Å². The van der Waals surface area contributed by atoms with Gasteiger partial charge >= 0.3 is 29.6 Å². The molecule has 0 amide bonds. The van der Waals surface area contributed by atoms with Crippen LogP contribution in [0.4, 0.5) is 0 Å². The van der Waals surface area contributed by atoms with Gasteiger partial charge in [0, 0.05) is 12.4 Å². The molecule has 6 heteroatoms. The Morgan fingerprint density at radius 3 is 2.64 bits per heavy atom. The van der Waals surface area contributed by atoms with E-state index in [-0.39, 0.29) is 31.0 Å². The summed E-state index contributed by atoms with van der Waals surface area (Å²) in [4.78, 5) is 8.07. The second kappa shape index (κ2) is 7.11. The molecule has 0 unspecified atom stereocenters. The molecule has 0 saturated carbocycles. The van der Waals surface area contributed by atoms with Crippen LogP contribution in [0.15, 0.2) is 18.6 Å². The normalized spacial score (nSPS) is 8.93. The minimum absolute atomic E-state index is 0. The molecular weight excluding hydrogens is 211 g/mol. The maximum atomic E-state index is 10.8. The zero-order valence-electron chi connectivity index (χ0n) is 9.27. The molecule has 0 aliphatic heterocycles. The fourth-order valence-electron chi connectivity index (χ4n) is 0.967. The van der Waals surface area contributed by atoms with Crippen LogP contribution in [0.1, 0.15) is 26.9 Å². The number of hydrogen-bond donors (Lipinski definition) is 0. The summed E-state index contributed by atoms with van der Waals surface area (Å²) in [5, 5.41) is 0. The monoisotopic (exact) mass is 222 g/mol. The molecule has 14 heavy (non-hydrogen) atoms. The average molecular weight is 222 g/mol. The Morgan fingerprint density at radius 2 is 2.21 bits per heavy atom. The predicted molar refractivity (Wildman–Crippen MR) is 51.1 cm³/mol. The van der Waals surface area contributed by atoms with Crippen LogP contribution in [-0.2, 0) is 10.3 Å². The third-order valence-electron chi connectivity index (χ3n) is 1.53. The van der Waals surface area contributed by atoms with Crippen LogP contribution in [0.2, 0.25) is 0 Å². The van der Waals surface area contributed by atoms with Gasteiger partial charge in [0.25, 0.3) is 0 Å². The number of hydrogen-bond acceptors (Lipinski definition) is 4. The van der Waals surface area contributed by atoms with Gasteiger partial charge in [0.15, 0.2) is 0 Å². The van der Waals surface area contributed by atoms with Gasteiger partial charge in [-0.15, -0.1) is 0 Å². The predicted octanol–water partition coefficient (Wildman–Crippen LogP) is -2.21. The molecule has 1 aromatic heterocycles. The molecule has 0 aliphatic rings. The van der Waals surface area contributed by atoms with E-state index < -0.39 is 10.3 Å². The molecule has 0 spiro atoms. The summed E-state index contributed by atoms with van der Waals surface area (Å²) in [7, 11) is -2.19. The summed E-state index contributed by atoms with van der Waals surface area (Å²) in [5.74, 6) is 0. The van der Waals surface area contributed by atoms with Crippen LogP contribution >= 0.6 is 0 Å². The van der Waals surface area contributed by atoms with Crippen LogP contribution in [-0.4, -0.2) is 23.3 Å². The zero-order valence-corrected chi connectivity index (χ0v) is 11.1. The maximum absolute atomic E-state index is 10.8. The molecule has 0 aromatic carbocycles. The molecule has 4 nitrogen and oxygen atoms in total. The molecule has 0 fully saturated rings. The quantitative estimate of drug-likeness (QED) is 0.330. The molecule has 0 atom stereocenters. The van der Waals surface area contributed by atoms with E-state index in [2.05, 4.69) is 9.97 Å². The number of rotatable bonds is 3. The summed E-state index contributed by atoms with van der Waals surface area (Å²) in [5.41, 5.74) is 0.442. The third-order valence-corrected chi connectivity index (χ3v) is 2.34. The molecule has 1 rings (SSSR count). The second-order valence-corrected chi connectivity index (χ2v) is 3.46. The molecule has 0 saturated heterocycles. The Kier molecular flexibility index (Phi) is 7.00. The Balaban J connectivity index is 0. The van der Waals surface area contributed by atoms with Crippen molar-refractivity contribution in [2.24, 2.45) is 0 Å². The molecule has 0 radical (unpaired) electrons. The van der Waals surface area contributed by atoms with Crippen molar-refractivity contribution < 1.29 is 39.4 Å². The molecule has 72 valence electrons. The zero-order chi connectivity index (χ0) is 9.68. The fraction of sp³-hybridized carbons (Fsp3) is 0.375. The van der Waals surface area contributed by atoms with Gasteiger partial charge < -0.3 is 1.43 Å². The van der Waals surface area contributed by atoms with Crippen LogP contribution in [0, 0.1) is 0 Å². The Labute approximate surface area is 108 Å². The fourth-order valence-corrected chi connectivity index (χ4v) is 1.61. The summed E-state index contributed by atoms with van der Waals surface area (Å²) >= 11 is 0. The van der Waals surface area contributed by atoms with Crippen LogP contribution in [0.5, 0.6) is 0 Å². The summed E-state index contributed by atoms with van der Waals surface area (Å²) in [6.45, 7) is 1.92. The molecule has 1 heterocycles. The first-order valence-corrected chi connectivity index (χ1v) is 5.04. The van der Waals surface area contributed by atoms with Gasteiger partial charge in [-0.2, -0.15) is 8.42 Å². The van der Waals surface area contributed by atoms with E-state index in [0.29, 0.717) is 17.0 Å². The SMILES string of the molecule is CCCC(c1cnccn1)=S(=O)=O.[H-].[Na+]. The molecule has 0 aliphatic carbocycles. The number of aromatic nitrogens is 2. The maximum Gasteiger partial charge on any atom is 1.00 e. The largest absolute Gasteiger partial charge is 1.00 e. The summed E-state index contributed by atoms with van der Waals surface area (Å²) < 4.78 is 21.6. The van der Waals surface area contributed by atoms with Gasteiger partial charge in [-0.3, -0.25) is 9.97 Å². The third kappa shape index (κ3) is 3.88. The first-order chi connectivity index (χ1) is 6.25. The van der Waals surface area contributed by atoms with Crippen molar-refractivity contribution in [2.45, 2.75) is 19.8 Å². The van der Waals surface area contributed by atoms with Gasteiger partial charge in [0.1, 0.15) is 0 Å². The first-order valence-electron chi connectivity index (χ1n) is 3.97. The topological polar surface area (TPSA) is 59.9 Å². The molecular formula is C8H11N2NaO2S. The minimum Gasteiger partial charge on any atom is -1.00 e. The van der Waals surface area contributed by atoms with Gasteiger partial charge in [-0.05, 0) is 6.42 Å². The van der Waals surface area contributed by atoms with Gasteiger partial charge in [0.2, 0.25) is 10.3 Å². The first kappa shape index (κ1) is 13.8. The van der Waals surface area contributed by atoms with Gasteiger partial charge in [-0.25, -0.2) is 0 Å². The van der Waals surface area contributed by atoms with E-state index in [4.69, 9.17) is 0 Å². The van der Waals surface area contributed by atoms with E-state index in [9.17, 15) is 8.42 Å². The smallest absolute Gasteiger partial charge is 1.00 e. The Hall–Kier alpha value is -0.230. The van der Waals surface area contributed by atoms with E-state index in [0.717, 1.165) is 6.42 Å². The standard InChI is InChI=1S/C8H10N2O2S.Na.H/c1-2-3-8(13(11)12)7-6-9-4-5-10-7;;/h4-6H,2-3H2,1H3;;/q;+1;-1. The molecule has 0 N–H and O–H groups in total. The van der Waals surface area contributed by atoms with Crippen molar-refractivity contribution in [3.8, 4) is 0 Å². The van der Waals surface area contributed by atoms with Crippen molar-refractivity contribution in [3.63, 3.8) is 0 Å².